The van der Waals surface area contributed by atoms with Gasteiger partial charge in [0.2, 0.25) is 5.95 Å². The molecule has 1 fully saturated rings. The summed E-state index contributed by atoms with van der Waals surface area (Å²) in [6.45, 7) is 1.47. The van der Waals surface area contributed by atoms with Gasteiger partial charge in [-0.05, 0) is 0 Å². The van der Waals surface area contributed by atoms with Gasteiger partial charge in [0.1, 0.15) is 6.26 Å². The van der Waals surface area contributed by atoms with Gasteiger partial charge in [0.25, 0.3) is 5.91 Å². The largest absolute Gasteiger partial charge is 0.461 e. The first-order chi connectivity index (χ1) is 11.9. The summed E-state index contributed by atoms with van der Waals surface area (Å²) in [7, 11) is 0. The van der Waals surface area contributed by atoms with Gasteiger partial charge in [0.05, 0.1) is 11.1 Å². The molecule has 0 atom stereocenters. The zero-order valence-electron chi connectivity index (χ0n) is 12.9. The second-order valence-corrected chi connectivity index (χ2v) is 5.40. The molecule has 0 aliphatic carbocycles. The molecule has 25 heavy (non-hydrogen) atoms. The van der Waals surface area contributed by atoms with Crippen LogP contribution in [0, 0.1) is 0 Å². The summed E-state index contributed by atoms with van der Waals surface area (Å²) in [6.07, 6.45) is -1.26. The van der Waals surface area contributed by atoms with Crippen molar-refractivity contribution in [2.75, 3.05) is 31.1 Å². The fourth-order valence-corrected chi connectivity index (χ4v) is 2.45. The summed E-state index contributed by atoms with van der Waals surface area (Å²) in [6, 6.07) is 1.36. The average molecular weight is 354 g/mol. The van der Waals surface area contributed by atoms with Gasteiger partial charge < -0.3 is 14.2 Å². The number of carbonyl (C=O) groups excluding carboxylic acids is 2. The summed E-state index contributed by atoms with van der Waals surface area (Å²) in [5.74, 6) is -0.0170. The highest BCUT2D eigenvalue weighted by molar-refractivity contribution is 5.95. The lowest BCUT2D eigenvalue weighted by Gasteiger charge is -2.34. The van der Waals surface area contributed by atoms with Crippen molar-refractivity contribution in [2.24, 2.45) is 0 Å². The van der Waals surface area contributed by atoms with Crippen molar-refractivity contribution in [1.29, 1.82) is 0 Å². The molecule has 2 aromatic rings. The molecule has 0 N–H and O–H groups in total. The van der Waals surface area contributed by atoms with E-state index in [9.17, 15) is 22.8 Å². The monoisotopic (exact) mass is 354 g/mol. The summed E-state index contributed by atoms with van der Waals surface area (Å²) in [4.78, 5) is 33.7. The van der Waals surface area contributed by atoms with Gasteiger partial charge in [-0.1, -0.05) is 0 Å². The molecule has 0 radical (unpaired) electrons. The molecular formula is C15H13F3N4O3. The lowest BCUT2D eigenvalue weighted by Crippen LogP contribution is -2.49. The van der Waals surface area contributed by atoms with Gasteiger partial charge in [-0.15, -0.1) is 0 Å². The summed E-state index contributed by atoms with van der Waals surface area (Å²) in [5, 5.41) is 0. The predicted molar refractivity (Wildman–Crippen MR) is 79.2 cm³/mol. The van der Waals surface area contributed by atoms with Crippen LogP contribution >= 0.6 is 0 Å². The van der Waals surface area contributed by atoms with Gasteiger partial charge in [0.15, 0.2) is 12.0 Å². The molecule has 1 aliphatic rings. The highest BCUT2D eigenvalue weighted by Gasteiger charge is 2.32. The molecule has 0 spiro atoms. The number of rotatable bonds is 3. The van der Waals surface area contributed by atoms with Crippen LogP contribution in [0.3, 0.4) is 0 Å². The van der Waals surface area contributed by atoms with Crippen molar-refractivity contribution in [3.63, 3.8) is 0 Å². The van der Waals surface area contributed by atoms with Crippen LogP contribution in [-0.2, 0) is 6.18 Å². The Labute approximate surface area is 140 Å². The van der Waals surface area contributed by atoms with Crippen LogP contribution in [0.2, 0.25) is 0 Å². The Hall–Kier alpha value is -2.91. The van der Waals surface area contributed by atoms with E-state index in [1.807, 2.05) is 0 Å². The van der Waals surface area contributed by atoms with Crippen molar-refractivity contribution in [1.82, 2.24) is 14.9 Å². The third-order valence-electron chi connectivity index (χ3n) is 3.80. The van der Waals surface area contributed by atoms with Crippen molar-refractivity contribution in [2.45, 2.75) is 6.18 Å². The fourth-order valence-electron chi connectivity index (χ4n) is 2.45. The predicted octanol–water partition coefficient (Wildman–Crippen LogP) is 1.86. The number of aromatic nitrogens is 2. The van der Waals surface area contributed by atoms with E-state index in [0.29, 0.717) is 32.5 Å². The van der Waals surface area contributed by atoms with Crippen molar-refractivity contribution in [3.8, 4) is 0 Å². The minimum atomic E-state index is -4.48. The third-order valence-corrected chi connectivity index (χ3v) is 3.80. The number of nitrogens with zero attached hydrogens (tertiary/aromatic N) is 4. The maximum atomic E-state index is 12.5. The number of hydrogen-bond acceptors (Lipinski definition) is 6. The molecule has 0 unspecified atom stereocenters. The van der Waals surface area contributed by atoms with Crippen LogP contribution in [0.1, 0.15) is 26.5 Å². The molecule has 132 valence electrons. The van der Waals surface area contributed by atoms with Crippen molar-refractivity contribution in [3.05, 3.63) is 41.6 Å². The molecule has 1 amide bonds. The first-order valence-electron chi connectivity index (χ1n) is 7.35. The first-order valence-corrected chi connectivity index (χ1v) is 7.35. The number of anilines is 1. The summed E-state index contributed by atoms with van der Waals surface area (Å²) < 4.78 is 42.5. The van der Waals surface area contributed by atoms with Gasteiger partial charge in [-0.2, -0.15) is 13.2 Å². The minimum absolute atomic E-state index is 0.0696. The Morgan fingerprint density at radius 3 is 2.32 bits per heavy atom. The number of carbonyl (C=O) groups is 2. The van der Waals surface area contributed by atoms with E-state index in [1.165, 1.54) is 12.3 Å². The maximum Gasteiger partial charge on any atom is 0.419 e. The Morgan fingerprint density at radius 2 is 1.80 bits per heavy atom. The van der Waals surface area contributed by atoms with E-state index in [2.05, 4.69) is 9.97 Å². The van der Waals surface area contributed by atoms with E-state index in [1.54, 1.807) is 9.80 Å². The number of halogens is 3. The fraction of sp³-hybridized carbons (Fsp3) is 0.333. The van der Waals surface area contributed by atoms with Crippen LogP contribution < -0.4 is 4.90 Å². The number of piperazine rings is 1. The molecule has 1 saturated heterocycles. The van der Waals surface area contributed by atoms with E-state index >= 15 is 0 Å². The molecule has 1 aliphatic heterocycles. The molecule has 0 bridgehead atoms. The third kappa shape index (κ3) is 3.62. The molecule has 0 saturated carbocycles. The normalized spacial score (nSPS) is 15.3. The Kier molecular flexibility index (Phi) is 4.43. The number of amides is 1. The topological polar surface area (TPSA) is 79.5 Å². The van der Waals surface area contributed by atoms with Crippen LogP contribution in [-0.4, -0.2) is 53.2 Å². The van der Waals surface area contributed by atoms with Crippen LogP contribution in [0.4, 0.5) is 19.1 Å². The number of furan rings is 1. The van der Waals surface area contributed by atoms with Crippen molar-refractivity contribution < 1.29 is 27.2 Å². The lowest BCUT2D eigenvalue weighted by molar-refractivity contribution is -0.138. The van der Waals surface area contributed by atoms with Gasteiger partial charge in [-0.25, -0.2) is 9.97 Å². The Bertz CT molecular complexity index is 765. The SMILES string of the molecule is O=Cc1cc(C(=O)N2CCN(c3ncc(C(F)(F)F)cn3)CC2)co1. The highest BCUT2D eigenvalue weighted by atomic mass is 19.4. The van der Waals surface area contributed by atoms with Gasteiger partial charge in [-0.3, -0.25) is 9.59 Å². The molecule has 0 aromatic carbocycles. The maximum absolute atomic E-state index is 12.5. The number of hydrogen-bond donors (Lipinski definition) is 0. The summed E-state index contributed by atoms with van der Waals surface area (Å²) in [5.41, 5.74) is -0.627. The van der Waals surface area contributed by atoms with E-state index < -0.39 is 11.7 Å². The molecular weight excluding hydrogens is 341 g/mol. The average Bonchev–Trinajstić information content (AvgIpc) is 3.10. The van der Waals surface area contributed by atoms with Gasteiger partial charge >= 0.3 is 6.18 Å². The second kappa shape index (κ2) is 6.54. The number of aldehydes is 1. The standard InChI is InChI=1S/C15H13F3N4O3/c16-15(17,18)11-6-19-14(20-7-11)22-3-1-21(2-4-22)13(24)10-5-12(8-23)25-9-10/h5-9H,1-4H2. The van der Waals surface area contributed by atoms with E-state index in [0.717, 1.165) is 12.4 Å². The van der Waals surface area contributed by atoms with Crippen LogP contribution in [0.25, 0.3) is 0 Å². The smallest absolute Gasteiger partial charge is 0.419 e. The van der Waals surface area contributed by atoms with Crippen LogP contribution in [0.15, 0.2) is 29.1 Å². The zero-order valence-corrected chi connectivity index (χ0v) is 12.9. The van der Waals surface area contributed by atoms with E-state index in [-0.39, 0.29) is 23.2 Å². The molecule has 3 heterocycles. The molecule has 2 aromatic heterocycles. The summed E-state index contributed by atoms with van der Waals surface area (Å²) >= 11 is 0. The van der Waals surface area contributed by atoms with Crippen LogP contribution in [0.5, 0.6) is 0 Å². The quantitative estimate of drug-likeness (QED) is 0.783. The molecule has 10 heteroatoms. The molecule has 7 nitrogen and oxygen atoms in total. The number of alkyl halides is 3. The molecule has 3 rings (SSSR count). The van der Waals surface area contributed by atoms with Crippen molar-refractivity contribution >= 4 is 18.1 Å². The Morgan fingerprint density at radius 1 is 1.16 bits per heavy atom. The highest BCUT2D eigenvalue weighted by Crippen LogP contribution is 2.28. The first kappa shape index (κ1) is 16.9. The van der Waals surface area contributed by atoms with E-state index in [4.69, 9.17) is 4.42 Å². The lowest BCUT2D eigenvalue weighted by atomic mass is 10.2. The second-order valence-electron chi connectivity index (χ2n) is 5.40. The Balaban J connectivity index is 1.61. The van der Waals surface area contributed by atoms with Gasteiger partial charge in [0, 0.05) is 44.6 Å². The zero-order chi connectivity index (χ0) is 18.0. The minimum Gasteiger partial charge on any atom is -0.461 e.